The van der Waals surface area contributed by atoms with Crippen LogP contribution >= 0.6 is 11.3 Å². The van der Waals surface area contributed by atoms with Crippen LogP contribution in [0.3, 0.4) is 0 Å². The van der Waals surface area contributed by atoms with Crippen molar-refractivity contribution in [1.82, 2.24) is 20.0 Å². The third-order valence-corrected chi connectivity index (χ3v) is 6.99. The second kappa shape index (κ2) is 7.73. The number of rotatable bonds is 5. The number of aromatic nitrogens is 2. The maximum Gasteiger partial charge on any atom is 0.269 e. The summed E-state index contributed by atoms with van der Waals surface area (Å²) in [4.78, 5) is 16.3. The molecule has 2 aliphatic rings. The van der Waals surface area contributed by atoms with Crippen molar-refractivity contribution in [2.75, 3.05) is 19.6 Å². The van der Waals surface area contributed by atoms with Gasteiger partial charge in [0.15, 0.2) is 0 Å². The first-order chi connectivity index (χ1) is 13.0. The number of ether oxygens (including phenoxy) is 1. The van der Waals surface area contributed by atoms with Gasteiger partial charge in [-0.15, -0.1) is 11.3 Å². The molecule has 1 spiro atoms. The van der Waals surface area contributed by atoms with Crippen LogP contribution in [0.5, 0.6) is 0 Å². The molecule has 0 saturated carbocycles. The van der Waals surface area contributed by atoms with E-state index in [-0.39, 0.29) is 17.6 Å². The van der Waals surface area contributed by atoms with Gasteiger partial charge in [-0.3, -0.25) is 14.4 Å². The van der Waals surface area contributed by atoms with Gasteiger partial charge in [0.25, 0.3) is 5.91 Å². The Morgan fingerprint density at radius 3 is 2.85 bits per heavy atom. The van der Waals surface area contributed by atoms with Crippen LogP contribution < -0.4 is 5.32 Å². The summed E-state index contributed by atoms with van der Waals surface area (Å²) in [5.74, 6) is -0.0827. The molecule has 1 unspecified atom stereocenters. The molecule has 1 N–H and O–H groups in total. The van der Waals surface area contributed by atoms with Gasteiger partial charge >= 0.3 is 0 Å². The Bertz CT molecular complexity index is 792. The second-order valence-electron chi connectivity index (χ2n) is 7.81. The molecule has 1 amide bonds. The van der Waals surface area contributed by atoms with Crippen molar-refractivity contribution < 1.29 is 9.53 Å². The Hall–Kier alpha value is -1.70. The Balaban J connectivity index is 1.24. The Labute approximate surface area is 164 Å². The fourth-order valence-electron chi connectivity index (χ4n) is 4.19. The molecule has 2 aromatic heterocycles. The molecule has 0 radical (unpaired) electrons. The molecule has 0 aliphatic carbocycles. The van der Waals surface area contributed by atoms with Crippen LogP contribution in [0.4, 0.5) is 0 Å². The smallest absolute Gasteiger partial charge is 0.269 e. The van der Waals surface area contributed by atoms with Gasteiger partial charge < -0.3 is 10.1 Å². The molecule has 7 heteroatoms. The molecule has 4 rings (SSSR count). The van der Waals surface area contributed by atoms with Crippen molar-refractivity contribution in [1.29, 1.82) is 0 Å². The molecule has 0 bridgehead atoms. The zero-order valence-corrected chi connectivity index (χ0v) is 16.9. The number of aryl methyl sites for hydroxylation is 2. The van der Waals surface area contributed by atoms with Crippen LogP contribution in [0.1, 0.15) is 46.6 Å². The van der Waals surface area contributed by atoms with Crippen LogP contribution in [0.25, 0.3) is 0 Å². The van der Waals surface area contributed by atoms with Crippen LogP contribution in [0.2, 0.25) is 0 Å². The number of thiophene rings is 1. The van der Waals surface area contributed by atoms with Gasteiger partial charge in [-0.05, 0) is 55.7 Å². The fraction of sp³-hybridized carbons (Fsp3) is 0.600. The highest BCUT2D eigenvalue weighted by molar-refractivity contribution is 7.10. The Morgan fingerprint density at radius 2 is 2.19 bits per heavy atom. The molecule has 1 atom stereocenters. The number of hydrogen-bond acceptors (Lipinski definition) is 5. The maximum atomic E-state index is 12.2. The van der Waals surface area contributed by atoms with E-state index in [4.69, 9.17) is 4.74 Å². The van der Waals surface area contributed by atoms with E-state index in [9.17, 15) is 4.79 Å². The third kappa shape index (κ3) is 4.10. The highest BCUT2D eigenvalue weighted by Gasteiger charge is 2.42. The van der Waals surface area contributed by atoms with Gasteiger partial charge in [0, 0.05) is 44.3 Å². The van der Waals surface area contributed by atoms with Crippen molar-refractivity contribution >= 4 is 17.2 Å². The average molecular weight is 389 g/mol. The lowest BCUT2D eigenvalue weighted by molar-refractivity contribution is -0.0763. The van der Waals surface area contributed by atoms with Crippen LogP contribution in [-0.2, 0) is 18.3 Å². The highest BCUT2D eigenvalue weighted by Crippen LogP contribution is 2.39. The fourth-order valence-corrected chi connectivity index (χ4v) is 5.14. The predicted molar refractivity (Wildman–Crippen MR) is 106 cm³/mol. The first-order valence-electron chi connectivity index (χ1n) is 9.74. The molecule has 146 valence electrons. The van der Waals surface area contributed by atoms with Crippen molar-refractivity contribution in [2.45, 2.75) is 50.9 Å². The van der Waals surface area contributed by atoms with E-state index in [1.165, 1.54) is 10.4 Å². The topological polar surface area (TPSA) is 59.4 Å². The minimum absolute atomic E-state index is 0.0168. The van der Waals surface area contributed by atoms with E-state index in [2.05, 4.69) is 33.7 Å². The lowest BCUT2D eigenvalue weighted by atomic mass is 9.88. The SMILES string of the molecule is Cc1ccsc1CN1CCC2(CCC(CNC(=O)c3ccnn3C)O2)CC1. The van der Waals surface area contributed by atoms with Gasteiger partial charge in [0.2, 0.25) is 0 Å². The average Bonchev–Trinajstić information content (AvgIpc) is 3.37. The molecule has 4 heterocycles. The number of likely N-dealkylation sites (tertiary alicyclic amines) is 1. The standard InChI is InChI=1S/C20H28N4O2S/c1-15-5-12-27-18(15)14-24-10-7-20(8-11-24)6-3-16(26-20)13-21-19(25)17-4-9-22-23(17)2/h4-5,9,12,16H,3,6-8,10-11,13-14H2,1-2H3,(H,21,25). The van der Waals surface area contributed by atoms with Crippen molar-refractivity contribution in [3.05, 3.63) is 39.8 Å². The first-order valence-corrected chi connectivity index (χ1v) is 10.6. The second-order valence-corrected chi connectivity index (χ2v) is 8.82. The van der Waals surface area contributed by atoms with Gasteiger partial charge in [-0.1, -0.05) is 0 Å². The number of carbonyl (C=O) groups is 1. The number of hydrogen-bond donors (Lipinski definition) is 1. The third-order valence-electron chi connectivity index (χ3n) is 5.99. The van der Waals surface area contributed by atoms with E-state index >= 15 is 0 Å². The normalized spacial score (nSPS) is 22.4. The summed E-state index contributed by atoms with van der Waals surface area (Å²) in [5, 5.41) is 9.23. The van der Waals surface area contributed by atoms with E-state index < -0.39 is 0 Å². The summed E-state index contributed by atoms with van der Waals surface area (Å²) in [7, 11) is 1.78. The number of carbonyl (C=O) groups excluding carboxylic acids is 1. The summed E-state index contributed by atoms with van der Waals surface area (Å²) in [6, 6.07) is 3.94. The van der Waals surface area contributed by atoms with Gasteiger partial charge in [-0.25, -0.2) is 0 Å². The van der Waals surface area contributed by atoms with Gasteiger partial charge in [-0.2, -0.15) is 5.10 Å². The minimum atomic E-state index is -0.0827. The molecule has 2 saturated heterocycles. The quantitative estimate of drug-likeness (QED) is 0.856. The number of nitrogens with one attached hydrogen (secondary N) is 1. The van der Waals surface area contributed by atoms with E-state index in [1.807, 2.05) is 11.3 Å². The molecule has 27 heavy (non-hydrogen) atoms. The minimum Gasteiger partial charge on any atom is -0.370 e. The number of amides is 1. The summed E-state index contributed by atoms with van der Waals surface area (Å²) < 4.78 is 8.03. The molecule has 2 fully saturated rings. The zero-order valence-electron chi connectivity index (χ0n) is 16.1. The van der Waals surface area contributed by atoms with Crippen molar-refractivity contribution in [3.63, 3.8) is 0 Å². The molecule has 2 aliphatic heterocycles. The summed E-state index contributed by atoms with van der Waals surface area (Å²) in [6.45, 7) is 6.01. The first kappa shape index (κ1) is 18.7. The van der Waals surface area contributed by atoms with Gasteiger partial charge in [0.1, 0.15) is 5.69 Å². The number of nitrogens with zero attached hydrogens (tertiary/aromatic N) is 3. The molecule has 0 aromatic carbocycles. The van der Waals surface area contributed by atoms with E-state index in [0.29, 0.717) is 12.2 Å². The van der Waals surface area contributed by atoms with E-state index in [0.717, 1.165) is 45.3 Å². The highest BCUT2D eigenvalue weighted by atomic mass is 32.1. The Kier molecular flexibility index (Phi) is 5.34. The predicted octanol–water partition coefficient (Wildman–Crippen LogP) is 2.73. The number of piperidine rings is 1. The van der Waals surface area contributed by atoms with Crippen molar-refractivity contribution in [2.24, 2.45) is 7.05 Å². The molecule has 6 nitrogen and oxygen atoms in total. The largest absolute Gasteiger partial charge is 0.370 e. The van der Waals surface area contributed by atoms with E-state index in [1.54, 1.807) is 24.0 Å². The lowest BCUT2D eigenvalue weighted by Gasteiger charge is -2.39. The molecular formula is C20H28N4O2S. The van der Waals surface area contributed by atoms with Crippen LogP contribution in [-0.4, -0.2) is 51.9 Å². The zero-order chi connectivity index (χ0) is 18.9. The molecule has 2 aromatic rings. The molecular weight excluding hydrogens is 360 g/mol. The maximum absolute atomic E-state index is 12.2. The van der Waals surface area contributed by atoms with Gasteiger partial charge in [0.05, 0.1) is 11.7 Å². The summed E-state index contributed by atoms with van der Waals surface area (Å²) >= 11 is 1.86. The summed E-state index contributed by atoms with van der Waals surface area (Å²) in [5.41, 5.74) is 2.00. The van der Waals surface area contributed by atoms with Crippen LogP contribution in [0, 0.1) is 6.92 Å². The Morgan fingerprint density at radius 1 is 1.37 bits per heavy atom. The van der Waals surface area contributed by atoms with Crippen molar-refractivity contribution in [3.8, 4) is 0 Å². The lowest BCUT2D eigenvalue weighted by Crippen LogP contribution is -2.44. The van der Waals surface area contributed by atoms with Crippen LogP contribution in [0.15, 0.2) is 23.7 Å². The summed E-state index contributed by atoms with van der Waals surface area (Å²) in [6.07, 6.45) is 6.06. The monoisotopic (exact) mass is 388 g/mol.